The number of hydrogen-bond donors (Lipinski definition) is 1. The number of anilines is 1. The van der Waals surface area contributed by atoms with Crippen molar-refractivity contribution in [2.75, 3.05) is 18.9 Å². The van der Waals surface area contributed by atoms with Gasteiger partial charge < -0.3 is 9.47 Å². The fourth-order valence-electron chi connectivity index (χ4n) is 3.08. The van der Waals surface area contributed by atoms with Crippen molar-refractivity contribution in [1.82, 2.24) is 9.88 Å². The van der Waals surface area contributed by atoms with Crippen molar-refractivity contribution in [3.8, 4) is 11.5 Å². The summed E-state index contributed by atoms with van der Waals surface area (Å²) >= 11 is 0.967. The lowest BCUT2D eigenvalue weighted by molar-refractivity contribution is 0.0642. The molecule has 1 aromatic carbocycles. The van der Waals surface area contributed by atoms with E-state index < -0.39 is 21.8 Å². The third kappa shape index (κ3) is 3.84. The van der Waals surface area contributed by atoms with Crippen molar-refractivity contribution in [3.63, 3.8) is 0 Å². The van der Waals surface area contributed by atoms with E-state index in [-0.39, 0.29) is 27.7 Å². The van der Waals surface area contributed by atoms with Crippen LogP contribution in [0, 0.1) is 0 Å². The van der Waals surface area contributed by atoms with E-state index in [0.29, 0.717) is 16.4 Å². The zero-order valence-corrected chi connectivity index (χ0v) is 18.1. The molecule has 2 aromatic heterocycles. The number of aromatic nitrogens is 1. The van der Waals surface area contributed by atoms with Crippen LogP contribution in [0.4, 0.5) is 5.69 Å². The number of carbonyl (C=O) groups excluding carboxylic acids is 2. The molecule has 0 unspecified atom stereocenters. The smallest absolute Gasteiger partial charge is 0.280 e. The van der Waals surface area contributed by atoms with Crippen molar-refractivity contribution in [2.24, 2.45) is 0 Å². The zero-order chi connectivity index (χ0) is 22.2. The minimum absolute atomic E-state index is 0.0371. The Morgan fingerprint density at radius 3 is 2.58 bits per heavy atom. The molecule has 0 bridgehead atoms. The number of fused-ring (bicyclic) bond motifs is 1. The predicted molar refractivity (Wildman–Crippen MR) is 113 cm³/mol. The van der Waals surface area contributed by atoms with Gasteiger partial charge in [0.2, 0.25) is 0 Å². The summed E-state index contributed by atoms with van der Waals surface area (Å²) in [4.78, 5) is 30.5. The Bertz CT molecular complexity index is 1250. The normalized spacial score (nSPS) is 13.3. The molecule has 160 valence electrons. The van der Waals surface area contributed by atoms with Crippen LogP contribution in [0.1, 0.15) is 25.7 Å². The van der Waals surface area contributed by atoms with Crippen LogP contribution in [-0.2, 0) is 16.6 Å². The minimum Gasteiger partial charge on any atom is -0.497 e. The summed E-state index contributed by atoms with van der Waals surface area (Å²) in [7, 11) is -0.992. The van der Waals surface area contributed by atoms with Crippen LogP contribution >= 0.6 is 11.3 Å². The van der Waals surface area contributed by atoms with E-state index in [2.05, 4.69) is 9.71 Å². The highest BCUT2D eigenvalue weighted by molar-refractivity contribution is 7.94. The molecule has 3 aromatic rings. The Kier molecular flexibility index (Phi) is 5.38. The summed E-state index contributed by atoms with van der Waals surface area (Å²) in [5.74, 6) is -0.127. The molecule has 11 heteroatoms. The maximum Gasteiger partial charge on any atom is 0.280 e. The molecule has 3 heterocycles. The Labute approximate surface area is 182 Å². The standard InChI is InChI=1S/C20H17N3O6S2/c1-28-12-5-7-15(16(10-12)29-2)22-31(26,27)17-8-6-13(30-17)11-23-19(24)14-4-3-9-21-18(14)20(23)25/h3-10,22H,11H2,1-2H3. The van der Waals surface area contributed by atoms with Crippen LogP contribution < -0.4 is 14.2 Å². The number of thiophene rings is 1. The summed E-state index contributed by atoms with van der Waals surface area (Å²) in [5.41, 5.74) is 0.597. The van der Waals surface area contributed by atoms with Gasteiger partial charge in [-0.2, -0.15) is 0 Å². The number of hydrogen-bond acceptors (Lipinski definition) is 8. The van der Waals surface area contributed by atoms with Gasteiger partial charge in [-0.25, -0.2) is 8.42 Å². The second-order valence-corrected chi connectivity index (χ2v) is 9.57. The average Bonchev–Trinajstić information content (AvgIpc) is 3.34. The summed E-state index contributed by atoms with van der Waals surface area (Å²) < 4.78 is 38.5. The summed E-state index contributed by atoms with van der Waals surface area (Å²) in [6, 6.07) is 10.8. The van der Waals surface area contributed by atoms with Crippen LogP contribution in [-0.4, -0.2) is 44.3 Å². The van der Waals surface area contributed by atoms with Crippen LogP contribution in [0.5, 0.6) is 11.5 Å². The number of carbonyl (C=O) groups is 2. The number of rotatable bonds is 7. The highest BCUT2D eigenvalue weighted by atomic mass is 32.2. The molecule has 4 rings (SSSR count). The topological polar surface area (TPSA) is 115 Å². The van der Waals surface area contributed by atoms with Gasteiger partial charge in [-0.1, -0.05) is 0 Å². The van der Waals surface area contributed by atoms with Gasteiger partial charge in [0, 0.05) is 17.1 Å². The number of amides is 2. The third-order valence-electron chi connectivity index (χ3n) is 4.60. The van der Waals surface area contributed by atoms with Gasteiger partial charge in [0.05, 0.1) is 32.0 Å². The molecule has 0 atom stereocenters. The second kappa shape index (κ2) is 8.00. The van der Waals surface area contributed by atoms with Crippen molar-refractivity contribution < 1.29 is 27.5 Å². The van der Waals surface area contributed by atoms with Gasteiger partial charge in [-0.15, -0.1) is 11.3 Å². The molecule has 0 aliphatic carbocycles. The summed E-state index contributed by atoms with van der Waals surface area (Å²) in [5, 5.41) is 0. The number of nitrogens with one attached hydrogen (secondary N) is 1. The fourth-order valence-corrected chi connectivity index (χ4v) is 5.49. The lowest BCUT2D eigenvalue weighted by Gasteiger charge is -2.12. The molecule has 0 fully saturated rings. The molecule has 2 amide bonds. The van der Waals surface area contributed by atoms with E-state index in [4.69, 9.17) is 9.47 Å². The van der Waals surface area contributed by atoms with Crippen molar-refractivity contribution >= 4 is 38.9 Å². The molecular weight excluding hydrogens is 442 g/mol. The number of benzene rings is 1. The summed E-state index contributed by atoms with van der Waals surface area (Å²) in [6.07, 6.45) is 1.45. The van der Waals surface area contributed by atoms with Crippen molar-refractivity contribution in [2.45, 2.75) is 10.8 Å². The number of imide groups is 1. The van der Waals surface area contributed by atoms with Gasteiger partial charge in [-0.3, -0.25) is 24.2 Å². The van der Waals surface area contributed by atoms with Crippen molar-refractivity contribution in [3.05, 3.63) is 64.8 Å². The number of ether oxygens (including phenoxy) is 2. The predicted octanol–water partition coefficient (Wildman–Crippen LogP) is 2.76. The lowest BCUT2D eigenvalue weighted by atomic mass is 10.2. The largest absolute Gasteiger partial charge is 0.497 e. The van der Waals surface area contributed by atoms with Crippen LogP contribution in [0.15, 0.2) is 52.9 Å². The van der Waals surface area contributed by atoms with Gasteiger partial charge in [0.15, 0.2) is 0 Å². The molecule has 0 saturated heterocycles. The van der Waals surface area contributed by atoms with Gasteiger partial charge in [0.1, 0.15) is 21.4 Å². The first kappa shape index (κ1) is 20.8. The van der Waals surface area contributed by atoms with Crippen LogP contribution in [0.2, 0.25) is 0 Å². The zero-order valence-electron chi connectivity index (χ0n) is 16.5. The SMILES string of the molecule is COc1ccc(NS(=O)(=O)c2ccc(CN3C(=O)c4cccnc4C3=O)s2)c(OC)c1. The third-order valence-corrected chi connectivity index (χ3v) is 7.53. The first-order valence-corrected chi connectivity index (χ1v) is 11.3. The number of methoxy groups -OCH3 is 2. The van der Waals surface area contributed by atoms with E-state index in [1.807, 2.05) is 0 Å². The summed E-state index contributed by atoms with van der Waals surface area (Å²) in [6.45, 7) is -0.0416. The number of pyridine rings is 1. The highest BCUT2D eigenvalue weighted by Gasteiger charge is 2.37. The maximum absolute atomic E-state index is 12.8. The Balaban J connectivity index is 1.54. The van der Waals surface area contributed by atoms with E-state index in [9.17, 15) is 18.0 Å². The Hall–Kier alpha value is -3.44. The first-order valence-electron chi connectivity index (χ1n) is 8.99. The molecule has 9 nitrogen and oxygen atoms in total. The van der Waals surface area contributed by atoms with Gasteiger partial charge in [-0.05, 0) is 36.4 Å². The molecule has 31 heavy (non-hydrogen) atoms. The number of nitrogens with zero attached hydrogens (tertiary/aromatic N) is 2. The van der Waals surface area contributed by atoms with Gasteiger partial charge >= 0.3 is 0 Å². The minimum atomic E-state index is -3.91. The first-order chi connectivity index (χ1) is 14.8. The quantitative estimate of drug-likeness (QED) is 0.540. The molecule has 1 N–H and O–H groups in total. The monoisotopic (exact) mass is 459 g/mol. The van der Waals surface area contributed by atoms with Gasteiger partial charge in [0.25, 0.3) is 21.8 Å². The van der Waals surface area contributed by atoms with E-state index in [1.165, 1.54) is 32.5 Å². The van der Waals surface area contributed by atoms with E-state index in [0.717, 1.165) is 16.2 Å². The molecular formula is C20H17N3O6S2. The fraction of sp³-hybridized carbons (Fsp3) is 0.150. The Morgan fingerprint density at radius 2 is 1.87 bits per heavy atom. The van der Waals surface area contributed by atoms with Crippen LogP contribution in [0.3, 0.4) is 0 Å². The number of sulfonamides is 1. The molecule has 1 aliphatic rings. The molecule has 0 spiro atoms. The van der Waals surface area contributed by atoms with Crippen LogP contribution in [0.25, 0.3) is 0 Å². The lowest BCUT2D eigenvalue weighted by Crippen LogP contribution is -2.28. The molecule has 0 saturated carbocycles. The highest BCUT2D eigenvalue weighted by Crippen LogP contribution is 2.33. The van der Waals surface area contributed by atoms with Crippen molar-refractivity contribution in [1.29, 1.82) is 0 Å². The molecule has 0 radical (unpaired) electrons. The van der Waals surface area contributed by atoms with E-state index >= 15 is 0 Å². The molecule has 1 aliphatic heterocycles. The maximum atomic E-state index is 12.8. The second-order valence-electron chi connectivity index (χ2n) is 6.49. The average molecular weight is 460 g/mol. The Morgan fingerprint density at radius 1 is 1.06 bits per heavy atom. The van der Waals surface area contributed by atoms with E-state index in [1.54, 1.807) is 30.3 Å².